The van der Waals surface area contributed by atoms with Gasteiger partial charge in [-0.2, -0.15) is 0 Å². The number of rotatable bonds is 4. The first-order valence-electron chi connectivity index (χ1n) is 5.41. The first kappa shape index (κ1) is 11.8. The summed E-state index contributed by atoms with van der Waals surface area (Å²) in [6.45, 7) is 9.45. The lowest BCUT2D eigenvalue weighted by Crippen LogP contribution is -2.33. The molecule has 1 heterocycles. The Hall–Kier alpha value is -1.32. The lowest BCUT2D eigenvalue weighted by Gasteiger charge is -2.28. The SMILES string of the molecule is CCCN(c1ncnc(N)c1C)C(C)C. The van der Waals surface area contributed by atoms with E-state index in [1.54, 1.807) is 0 Å². The molecule has 1 aromatic heterocycles. The molecule has 0 aliphatic rings. The van der Waals surface area contributed by atoms with Crippen molar-refractivity contribution in [3.63, 3.8) is 0 Å². The summed E-state index contributed by atoms with van der Waals surface area (Å²) in [7, 11) is 0. The summed E-state index contributed by atoms with van der Waals surface area (Å²) >= 11 is 0. The van der Waals surface area contributed by atoms with Gasteiger partial charge in [-0.1, -0.05) is 6.92 Å². The van der Waals surface area contributed by atoms with E-state index in [1.807, 2.05) is 6.92 Å². The predicted octanol–water partition coefficient (Wildman–Crippen LogP) is 1.99. The molecule has 0 spiro atoms. The number of nitrogens with two attached hydrogens (primary N) is 1. The van der Waals surface area contributed by atoms with Crippen molar-refractivity contribution in [2.45, 2.75) is 40.2 Å². The Balaban J connectivity index is 3.05. The van der Waals surface area contributed by atoms with Crippen LogP contribution in [0.4, 0.5) is 11.6 Å². The Morgan fingerprint density at radius 2 is 2.07 bits per heavy atom. The van der Waals surface area contributed by atoms with Crippen LogP contribution in [0.1, 0.15) is 32.8 Å². The average Bonchev–Trinajstić information content (AvgIpc) is 2.19. The predicted molar refractivity (Wildman–Crippen MR) is 64.0 cm³/mol. The lowest BCUT2D eigenvalue weighted by molar-refractivity contribution is 0.659. The highest BCUT2D eigenvalue weighted by Crippen LogP contribution is 2.21. The molecule has 0 unspecified atom stereocenters. The molecule has 0 atom stereocenters. The zero-order chi connectivity index (χ0) is 11.4. The minimum absolute atomic E-state index is 0.429. The highest BCUT2D eigenvalue weighted by atomic mass is 15.2. The fourth-order valence-electron chi connectivity index (χ4n) is 1.59. The summed E-state index contributed by atoms with van der Waals surface area (Å²) < 4.78 is 0. The van der Waals surface area contributed by atoms with Gasteiger partial charge in [0.1, 0.15) is 18.0 Å². The Morgan fingerprint density at radius 3 is 2.60 bits per heavy atom. The Bertz CT molecular complexity index is 322. The first-order valence-corrected chi connectivity index (χ1v) is 5.41. The highest BCUT2D eigenvalue weighted by molar-refractivity contribution is 5.55. The molecular formula is C11H20N4. The summed E-state index contributed by atoms with van der Waals surface area (Å²) in [5.74, 6) is 1.53. The maximum atomic E-state index is 5.78. The van der Waals surface area contributed by atoms with Crippen LogP contribution in [0, 0.1) is 6.92 Å². The summed E-state index contributed by atoms with van der Waals surface area (Å²) in [5.41, 5.74) is 6.75. The standard InChI is InChI=1S/C11H20N4/c1-5-6-15(8(2)3)11-9(4)10(12)13-7-14-11/h7-8H,5-6H2,1-4H3,(H2,12,13,14). The molecule has 0 aliphatic carbocycles. The van der Waals surface area contributed by atoms with Crippen LogP contribution in [0.25, 0.3) is 0 Å². The third-order valence-corrected chi connectivity index (χ3v) is 2.46. The molecule has 4 heteroatoms. The monoisotopic (exact) mass is 208 g/mol. The van der Waals surface area contributed by atoms with Gasteiger partial charge in [0.05, 0.1) is 0 Å². The number of nitrogen functional groups attached to an aromatic ring is 1. The van der Waals surface area contributed by atoms with Crippen LogP contribution in [0.5, 0.6) is 0 Å². The van der Waals surface area contributed by atoms with Crippen molar-refractivity contribution in [1.29, 1.82) is 0 Å². The van der Waals surface area contributed by atoms with Crippen LogP contribution in [-0.2, 0) is 0 Å². The number of anilines is 2. The molecule has 1 aromatic rings. The smallest absolute Gasteiger partial charge is 0.137 e. The Morgan fingerprint density at radius 1 is 1.40 bits per heavy atom. The van der Waals surface area contributed by atoms with Gasteiger partial charge in [-0.15, -0.1) is 0 Å². The van der Waals surface area contributed by atoms with E-state index in [0.717, 1.165) is 24.3 Å². The molecule has 4 nitrogen and oxygen atoms in total. The third kappa shape index (κ3) is 2.58. The zero-order valence-electron chi connectivity index (χ0n) is 9.99. The van der Waals surface area contributed by atoms with Gasteiger partial charge in [0.25, 0.3) is 0 Å². The molecule has 0 fully saturated rings. The summed E-state index contributed by atoms with van der Waals surface area (Å²) in [4.78, 5) is 10.6. The van der Waals surface area contributed by atoms with Crippen LogP contribution >= 0.6 is 0 Å². The lowest BCUT2D eigenvalue weighted by atomic mass is 10.2. The second-order valence-corrected chi connectivity index (χ2v) is 3.99. The number of nitrogens with zero attached hydrogens (tertiary/aromatic N) is 3. The molecule has 84 valence electrons. The second kappa shape index (κ2) is 4.96. The van der Waals surface area contributed by atoms with Gasteiger partial charge >= 0.3 is 0 Å². The molecule has 0 saturated carbocycles. The number of aromatic nitrogens is 2. The van der Waals surface area contributed by atoms with Crippen LogP contribution in [0.15, 0.2) is 6.33 Å². The fraction of sp³-hybridized carbons (Fsp3) is 0.636. The van der Waals surface area contributed by atoms with E-state index in [4.69, 9.17) is 5.73 Å². The van der Waals surface area contributed by atoms with E-state index in [0.29, 0.717) is 11.9 Å². The second-order valence-electron chi connectivity index (χ2n) is 3.99. The number of hydrogen-bond donors (Lipinski definition) is 1. The molecule has 0 aromatic carbocycles. The highest BCUT2D eigenvalue weighted by Gasteiger charge is 2.14. The Labute approximate surface area is 91.5 Å². The van der Waals surface area contributed by atoms with E-state index in [-0.39, 0.29) is 0 Å². The van der Waals surface area contributed by atoms with E-state index >= 15 is 0 Å². The quantitative estimate of drug-likeness (QED) is 0.822. The molecule has 0 amide bonds. The molecule has 1 rings (SSSR count). The molecule has 2 N–H and O–H groups in total. The van der Waals surface area contributed by atoms with Gasteiger partial charge in [0.2, 0.25) is 0 Å². The first-order chi connectivity index (χ1) is 7.07. The topological polar surface area (TPSA) is 55.0 Å². The normalized spacial score (nSPS) is 10.7. The molecular weight excluding hydrogens is 188 g/mol. The zero-order valence-corrected chi connectivity index (χ0v) is 9.99. The molecule has 0 bridgehead atoms. The third-order valence-electron chi connectivity index (χ3n) is 2.46. The van der Waals surface area contributed by atoms with Crippen LogP contribution in [0.3, 0.4) is 0 Å². The van der Waals surface area contributed by atoms with Crippen LogP contribution < -0.4 is 10.6 Å². The van der Waals surface area contributed by atoms with Crippen LogP contribution in [-0.4, -0.2) is 22.6 Å². The van der Waals surface area contributed by atoms with Gasteiger partial charge in [-0.3, -0.25) is 0 Å². The van der Waals surface area contributed by atoms with Crippen molar-refractivity contribution >= 4 is 11.6 Å². The number of hydrogen-bond acceptors (Lipinski definition) is 4. The summed E-state index contributed by atoms with van der Waals surface area (Å²) in [6.07, 6.45) is 2.63. The minimum atomic E-state index is 0.429. The van der Waals surface area contributed by atoms with E-state index in [9.17, 15) is 0 Å². The van der Waals surface area contributed by atoms with Crippen molar-refractivity contribution in [1.82, 2.24) is 9.97 Å². The largest absolute Gasteiger partial charge is 0.383 e. The molecule has 0 aliphatic heterocycles. The summed E-state index contributed by atoms with van der Waals surface area (Å²) in [6, 6.07) is 0.429. The van der Waals surface area contributed by atoms with Gasteiger partial charge in [0, 0.05) is 18.2 Å². The van der Waals surface area contributed by atoms with Crippen molar-refractivity contribution < 1.29 is 0 Å². The average molecular weight is 208 g/mol. The van der Waals surface area contributed by atoms with Gasteiger partial charge in [-0.25, -0.2) is 9.97 Å². The van der Waals surface area contributed by atoms with Crippen LogP contribution in [0.2, 0.25) is 0 Å². The van der Waals surface area contributed by atoms with Gasteiger partial charge in [-0.05, 0) is 27.2 Å². The molecule has 15 heavy (non-hydrogen) atoms. The molecule has 0 radical (unpaired) electrons. The van der Waals surface area contributed by atoms with Crippen molar-refractivity contribution in [2.24, 2.45) is 0 Å². The maximum absolute atomic E-state index is 5.78. The van der Waals surface area contributed by atoms with Gasteiger partial charge in [0.15, 0.2) is 0 Å². The van der Waals surface area contributed by atoms with Crippen molar-refractivity contribution in [3.8, 4) is 0 Å². The summed E-state index contributed by atoms with van der Waals surface area (Å²) in [5, 5.41) is 0. The van der Waals surface area contributed by atoms with E-state index in [2.05, 4.69) is 35.6 Å². The Kier molecular flexibility index (Phi) is 3.88. The minimum Gasteiger partial charge on any atom is -0.383 e. The van der Waals surface area contributed by atoms with E-state index < -0.39 is 0 Å². The maximum Gasteiger partial charge on any atom is 0.137 e. The fourth-order valence-corrected chi connectivity index (χ4v) is 1.59. The van der Waals surface area contributed by atoms with Crippen molar-refractivity contribution in [3.05, 3.63) is 11.9 Å². The van der Waals surface area contributed by atoms with E-state index in [1.165, 1.54) is 6.33 Å². The van der Waals surface area contributed by atoms with Gasteiger partial charge < -0.3 is 10.6 Å². The van der Waals surface area contributed by atoms with Crippen molar-refractivity contribution in [2.75, 3.05) is 17.2 Å². The molecule has 0 saturated heterocycles.